The molecule has 2 saturated heterocycles. The molecule has 3 amide bonds. The zero-order chi connectivity index (χ0) is 39.8. The highest BCUT2D eigenvalue weighted by atomic mass is 16.5. The van der Waals surface area contributed by atoms with E-state index in [2.05, 4.69) is 49.6 Å². The number of hydrogen-bond acceptors (Lipinski definition) is 8. The summed E-state index contributed by atoms with van der Waals surface area (Å²) in [6, 6.07) is 3.47. The summed E-state index contributed by atoms with van der Waals surface area (Å²) in [6.45, 7) is 4.51. The summed E-state index contributed by atoms with van der Waals surface area (Å²) in [6.07, 6.45) is 18.5. The van der Waals surface area contributed by atoms with Gasteiger partial charge < -0.3 is 29.7 Å². The Kier molecular flexibility index (Phi) is 10.7. The number of nitrogens with zero attached hydrogens (tertiary/aromatic N) is 5. The average molecular weight is 781 g/mol. The molecule has 1 spiro atoms. The molecular formula is C42H54N9O6+. The van der Waals surface area contributed by atoms with Crippen LogP contribution in [-0.2, 0) is 27.1 Å². The lowest BCUT2D eigenvalue weighted by molar-refractivity contribution is -0.740. The number of aromatic amines is 2. The van der Waals surface area contributed by atoms with Gasteiger partial charge in [0.15, 0.2) is 0 Å². The molecule has 4 atom stereocenters. The van der Waals surface area contributed by atoms with Crippen molar-refractivity contribution in [2.24, 2.45) is 5.41 Å². The highest BCUT2D eigenvalue weighted by Crippen LogP contribution is 2.53. The number of hydrogen-bond donors (Lipinski definition) is 4. The first-order chi connectivity index (χ1) is 27.6. The molecule has 8 rings (SSSR count). The first-order valence-electron chi connectivity index (χ1n) is 20.5. The fourth-order valence-electron chi connectivity index (χ4n) is 9.97. The number of carbonyl (C=O) groups is 3. The summed E-state index contributed by atoms with van der Waals surface area (Å²) in [7, 11) is 2.57. The molecule has 1 saturated carbocycles. The standard InChI is InChI=1S/C42H53N9O6/c1-25(45-40(53)56-3)39(52)49-19-7-9-35(49)37-44-24-34(48-37)30-16-15-29(31-21-42(22-32(30)31)17-5-6-18-42)27-11-13-28(14-12-27)33-23-43-38(47-33)36-10-8-20-50(36)51(55)26(2)46-41(54)57-4/h11,13,15-16,23-26,35-36H,5-10,12,14,17-22H2,1-4H3,(H3-,43,44,45,46,47,48,53,54)/p+1. The number of nitroso groups, excluding NO2 is 1. The third kappa shape index (κ3) is 7.43. The second-order valence-corrected chi connectivity index (χ2v) is 16.4. The number of carbonyl (C=O) groups excluding carboxylic acids is 3. The summed E-state index contributed by atoms with van der Waals surface area (Å²) in [5.74, 6) is 1.38. The highest BCUT2D eigenvalue weighted by Gasteiger charge is 2.43. The molecule has 1 aromatic carbocycles. The van der Waals surface area contributed by atoms with E-state index in [0.717, 1.165) is 79.3 Å². The first-order valence-corrected chi connectivity index (χ1v) is 20.5. The molecule has 0 bridgehead atoms. The first kappa shape index (κ1) is 38.4. The maximum atomic E-state index is 13.4. The number of aromatic nitrogens is 4. The van der Waals surface area contributed by atoms with E-state index in [1.807, 2.05) is 17.3 Å². The fraction of sp³-hybridized carbons (Fsp3) is 0.548. The van der Waals surface area contributed by atoms with Crippen molar-refractivity contribution in [1.82, 2.24) is 40.5 Å². The van der Waals surface area contributed by atoms with Crippen LogP contribution in [-0.4, -0.2) is 92.3 Å². The lowest BCUT2D eigenvalue weighted by Crippen LogP contribution is -2.47. The van der Waals surface area contributed by atoms with Gasteiger partial charge in [-0.3, -0.25) is 10.1 Å². The van der Waals surface area contributed by atoms with Crippen molar-refractivity contribution in [3.05, 3.63) is 75.6 Å². The van der Waals surface area contributed by atoms with E-state index in [1.54, 1.807) is 18.9 Å². The Hall–Kier alpha value is -5.47. The van der Waals surface area contributed by atoms with E-state index in [4.69, 9.17) is 14.7 Å². The van der Waals surface area contributed by atoms with Gasteiger partial charge in [0.2, 0.25) is 5.91 Å². The maximum Gasteiger partial charge on any atom is 0.412 e. The molecule has 4 heterocycles. The molecule has 0 radical (unpaired) electrons. The van der Waals surface area contributed by atoms with Gasteiger partial charge in [0.05, 0.1) is 55.5 Å². The second kappa shape index (κ2) is 15.8. The SMILES string of the molecule is COC(=O)NC(C)C(=O)N1CCCC1c1ncc(-c2ccc(C3=CC=C(c4cnc(C5CCCN5[N+](=O)C(C)NC(=O)OC)[nH]4)CC3)c3c2CC2(CCCC2)C3)[nH]1. The van der Waals surface area contributed by atoms with Crippen LogP contribution in [0.5, 0.6) is 0 Å². The van der Waals surface area contributed by atoms with Crippen molar-refractivity contribution in [1.29, 1.82) is 0 Å². The van der Waals surface area contributed by atoms with Gasteiger partial charge >= 0.3 is 18.4 Å². The van der Waals surface area contributed by atoms with E-state index in [0.29, 0.717) is 18.5 Å². The third-order valence-electron chi connectivity index (χ3n) is 12.9. The number of fused-ring (bicyclic) bond motifs is 1. The molecule has 4 N–H and O–H groups in total. The zero-order valence-corrected chi connectivity index (χ0v) is 33.4. The van der Waals surface area contributed by atoms with Crippen molar-refractivity contribution in [3.63, 3.8) is 0 Å². The minimum atomic E-state index is -0.777. The molecule has 3 aromatic rings. The molecule has 5 aliphatic rings. The number of methoxy groups -OCH3 is 2. The molecule has 57 heavy (non-hydrogen) atoms. The summed E-state index contributed by atoms with van der Waals surface area (Å²) < 4.78 is 9.38. The number of alkyl carbamates (subject to hydrolysis) is 2. The summed E-state index contributed by atoms with van der Waals surface area (Å²) in [5.41, 5.74) is 10.2. The van der Waals surface area contributed by atoms with Gasteiger partial charge in [0.1, 0.15) is 28.6 Å². The van der Waals surface area contributed by atoms with Gasteiger partial charge in [-0.05, 0) is 104 Å². The zero-order valence-electron chi connectivity index (χ0n) is 33.4. The van der Waals surface area contributed by atoms with Crippen LogP contribution in [0.2, 0.25) is 0 Å². The smallest absolute Gasteiger partial charge is 0.412 e. The Morgan fingerprint density at radius 2 is 1.40 bits per heavy atom. The minimum absolute atomic E-state index is 0.146. The van der Waals surface area contributed by atoms with Crippen LogP contribution < -0.4 is 10.6 Å². The lowest BCUT2D eigenvalue weighted by Gasteiger charge is -2.26. The van der Waals surface area contributed by atoms with E-state index in [-0.39, 0.29) is 18.0 Å². The Balaban J connectivity index is 1.02. The summed E-state index contributed by atoms with van der Waals surface area (Å²) in [5, 5.41) is 6.88. The van der Waals surface area contributed by atoms with Gasteiger partial charge in [-0.1, -0.05) is 37.1 Å². The fourth-order valence-corrected chi connectivity index (χ4v) is 9.97. The van der Waals surface area contributed by atoms with Gasteiger partial charge in [-0.15, -0.1) is 5.01 Å². The number of benzene rings is 1. The van der Waals surface area contributed by atoms with Crippen LogP contribution in [0.4, 0.5) is 9.59 Å². The van der Waals surface area contributed by atoms with Crippen molar-refractivity contribution < 1.29 is 28.7 Å². The number of ether oxygens (including phenoxy) is 2. The molecule has 3 aliphatic carbocycles. The number of rotatable bonds is 10. The van der Waals surface area contributed by atoms with Crippen LogP contribution in [0.1, 0.15) is 124 Å². The van der Waals surface area contributed by atoms with Crippen LogP contribution in [0.15, 0.2) is 36.7 Å². The normalized spacial score (nSPS) is 22.2. The van der Waals surface area contributed by atoms with E-state index in [9.17, 15) is 19.3 Å². The predicted octanol–water partition coefficient (Wildman–Crippen LogP) is 6.66. The van der Waals surface area contributed by atoms with Gasteiger partial charge in [-0.2, -0.15) is 0 Å². The molecule has 15 heteroatoms. The molecule has 15 nitrogen and oxygen atoms in total. The Labute approximate surface area is 332 Å². The number of nitrogens with one attached hydrogen (secondary N) is 4. The number of allylic oxidation sites excluding steroid dienone is 4. The number of H-pyrrole nitrogens is 2. The van der Waals surface area contributed by atoms with E-state index < -0.39 is 24.4 Å². The molecule has 3 fully saturated rings. The number of amides is 3. The Morgan fingerprint density at radius 1 is 0.807 bits per heavy atom. The predicted molar refractivity (Wildman–Crippen MR) is 212 cm³/mol. The van der Waals surface area contributed by atoms with Crippen molar-refractivity contribution >= 4 is 29.2 Å². The monoisotopic (exact) mass is 780 g/mol. The van der Waals surface area contributed by atoms with Crippen LogP contribution in [0.3, 0.4) is 0 Å². The average Bonchev–Trinajstić information content (AvgIpc) is 4.08. The van der Waals surface area contributed by atoms with E-state index >= 15 is 0 Å². The largest absolute Gasteiger partial charge is 0.453 e. The van der Waals surface area contributed by atoms with Crippen molar-refractivity contribution in [3.8, 4) is 11.3 Å². The van der Waals surface area contributed by atoms with Gasteiger partial charge in [-0.25, -0.2) is 19.6 Å². The van der Waals surface area contributed by atoms with Crippen molar-refractivity contribution in [2.75, 3.05) is 27.3 Å². The molecule has 302 valence electrons. The summed E-state index contributed by atoms with van der Waals surface area (Å²) >= 11 is 0. The van der Waals surface area contributed by atoms with Crippen molar-refractivity contribution in [2.45, 2.75) is 115 Å². The van der Waals surface area contributed by atoms with Gasteiger partial charge in [0.25, 0.3) is 0 Å². The Bertz CT molecular complexity index is 2110. The maximum absolute atomic E-state index is 13.4. The summed E-state index contributed by atoms with van der Waals surface area (Å²) in [4.78, 5) is 69.4. The van der Waals surface area contributed by atoms with Gasteiger partial charge in [0, 0.05) is 19.0 Å². The number of likely N-dealkylation sites (tertiary alicyclic amines) is 1. The topological polar surface area (TPSA) is 178 Å². The second-order valence-electron chi connectivity index (χ2n) is 16.4. The van der Waals surface area contributed by atoms with E-state index in [1.165, 1.54) is 73.3 Å². The third-order valence-corrected chi connectivity index (χ3v) is 12.9. The Morgan fingerprint density at radius 3 is 2.12 bits per heavy atom. The van der Waals surface area contributed by atoms with Crippen LogP contribution in [0.25, 0.3) is 22.4 Å². The molecule has 4 unspecified atom stereocenters. The molecule has 2 aromatic heterocycles. The molecular weight excluding hydrogens is 727 g/mol. The lowest BCUT2D eigenvalue weighted by atomic mass is 9.82. The van der Waals surface area contributed by atoms with Crippen LogP contribution in [0, 0.1) is 10.3 Å². The number of imidazole rings is 2. The minimum Gasteiger partial charge on any atom is -0.453 e. The number of hydrazine groups is 1. The highest BCUT2D eigenvalue weighted by molar-refractivity contribution is 5.86. The molecule has 2 aliphatic heterocycles. The van der Waals surface area contributed by atoms with Crippen LogP contribution >= 0.6 is 0 Å². The quantitative estimate of drug-likeness (QED) is 0.129.